The van der Waals surface area contributed by atoms with Gasteiger partial charge in [0, 0.05) is 10.6 Å². The molecule has 0 amide bonds. The molecule has 0 saturated heterocycles. The van der Waals surface area contributed by atoms with Gasteiger partial charge in [0.05, 0.1) is 7.11 Å². The van der Waals surface area contributed by atoms with Crippen LogP contribution in [0.25, 0.3) is 0 Å². The number of hydrogen-bond acceptors (Lipinski definition) is 2. The molecule has 0 aromatic heterocycles. The van der Waals surface area contributed by atoms with Crippen LogP contribution in [0.5, 0.6) is 5.75 Å². The molecule has 0 bridgehead atoms. The fraction of sp³-hybridized carbons (Fsp3) is 0.143. The molecule has 0 aliphatic carbocycles. The lowest BCUT2D eigenvalue weighted by atomic mass is 10.0. The summed E-state index contributed by atoms with van der Waals surface area (Å²) in [5.74, 6) is 0.630. The molecule has 2 nitrogen and oxygen atoms in total. The third-order valence-electron chi connectivity index (χ3n) is 2.60. The van der Waals surface area contributed by atoms with Crippen molar-refractivity contribution in [2.45, 2.75) is 6.10 Å². The topological polar surface area (TPSA) is 29.5 Å². The van der Waals surface area contributed by atoms with E-state index in [2.05, 4.69) is 0 Å². The van der Waals surface area contributed by atoms with Gasteiger partial charge in [0.25, 0.3) is 0 Å². The molecule has 2 aromatic rings. The highest BCUT2D eigenvalue weighted by Gasteiger charge is 2.15. The Kier molecular flexibility index (Phi) is 3.67. The van der Waals surface area contributed by atoms with E-state index in [1.54, 1.807) is 25.3 Å². The van der Waals surface area contributed by atoms with Crippen molar-refractivity contribution in [3.63, 3.8) is 0 Å². The minimum atomic E-state index is -0.732. The largest absolute Gasteiger partial charge is 0.496 e. The fourth-order valence-corrected chi connectivity index (χ4v) is 1.91. The van der Waals surface area contributed by atoms with Gasteiger partial charge in [-0.3, -0.25) is 0 Å². The number of ether oxygens (including phenoxy) is 1. The Balaban J connectivity index is 2.43. The van der Waals surface area contributed by atoms with Gasteiger partial charge in [-0.15, -0.1) is 0 Å². The van der Waals surface area contributed by atoms with Gasteiger partial charge in [-0.1, -0.05) is 41.9 Å². The van der Waals surface area contributed by atoms with Crippen molar-refractivity contribution < 1.29 is 9.84 Å². The second-order valence-electron chi connectivity index (χ2n) is 3.70. The third-order valence-corrected chi connectivity index (χ3v) is 2.84. The molecule has 0 heterocycles. The molecule has 88 valence electrons. The number of aliphatic hydroxyl groups is 1. The average molecular weight is 249 g/mol. The second-order valence-corrected chi connectivity index (χ2v) is 4.14. The maximum absolute atomic E-state index is 10.3. The fourth-order valence-electron chi connectivity index (χ4n) is 1.73. The Morgan fingerprint density at radius 2 is 1.82 bits per heavy atom. The second kappa shape index (κ2) is 5.21. The summed E-state index contributed by atoms with van der Waals surface area (Å²) in [4.78, 5) is 0. The number of hydrogen-bond donors (Lipinski definition) is 1. The zero-order valence-electron chi connectivity index (χ0n) is 9.43. The predicted molar refractivity (Wildman–Crippen MR) is 68.5 cm³/mol. The van der Waals surface area contributed by atoms with Crippen molar-refractivity contribution in [2.24, 2.45) is 0 Å². The van der Waals surface area contributed by atoms with E-state index in [0.29, 0.717) is 16.3 Å². The normalized spacial score (nSPS) is 12.2. The highest BCUT2D eigenvalue weighted by Crippen LogP contribution is 2.31. The molecular weight excluding hydrogens is 236 g/mol. The molecule has 0 aliphatic heterocycles. The Labute approximate surface area is 105 Å². The van der Waals surface area contributed by atoms with Crippen LogP contribution in [0, 0.1) is 0 Å². The molecule has 0 aliphatic rings. The lowest BCUT2D eigenvalue weighted by molar-refractivity contribution is 0.215. The molecule has 1 N–H and O–H groups in total. The summed E-state index contributed by atoms with van der Waals surface area (Å²) in [7, 11) is 1.57. The zero-order chi connectivity index (χ0) is 12.3. The zero-order valence-corrected chi connectivity index (χ0v) is 10.2. The summed E-state index contributed by atoms with van der Waals surface area (Å²) in [5.41, 5.74) is 1.49. The van der Waals surface area contributed by atoms with Gasteiger partial charge in [-0.2, -0.15) is 0 Å². The van der Waals surface area contributed by atoms with E-state index in [-0.39, 0.29) is 0 Å². The van der Waals surface area contributed by atoms with Crippen molar-refractivity contribution >= 4 is 11.6 Å². The first-order valence-electron chi connectivity index (χ1n) is 5.29. The quantitative estimate of drug-likeness (QED) is 0.902. The Bertz CT molecular complexity index is 497. The summed E-state index contributed by atoms with van der Waals surface area (Å²) in [5, 5.41) is 10.9. The van der Waals surface area contributed by atoms with Crippen molar-refractivity contribution in [1.82, 2.24) is 0 Å². The van der Waals surface area contributed by atoms with Crippen LogP contribution < -0.4 is 4.74 Å². The molecule has 0 fully saturated rings. The van der Waals surface area contributed by atoms with Crippen LogP contribution in [0.2, 0.25) is 5.02 Å². The van der Waals surface area contributed by atoms with E-state index < -0.39 is 6.10 Å². The Hall–Kier alpha value is -1.51. The molecule has 0 saturated carbocycles. The van der Waals surface area contributed by atoms with Crippen LogP contribution in [0.15, 0.2) is 48.5 Å². The smallest absolute Gasteiger partial charge is 0.125 e. The van der Waals surface area contributed by atoms with E-state index in [1.165, 1.54) is 0 Å². The maximum Gasteiger partial charge on any atom is 0.125 e. The lowest BCUT2D eigenvalue weighted by Crippen LogP contribution is -2.02. The molecule has 2 aromatic carbocycles. The number of halogens is 1. The third kappa shape index (κ3) is 2.60. The molecule has 0 radical (unpaired) electrons. The van der Waals surface area contributed by atoms with Crippen LogP contribution in [-0.2, 0) is 0 Å². The summed E-state index contributed by atoms with van der Waals surface area (Å²) in [6.45, 7) is 0. The molecule has 2 rings (SSSR count). The lowest BCUT2D eigenvalue weighted by Gasteiger charge is -2.15. The van der Waals surface area contributed by atoms with E-state index in [0.717, 1.165) is 5.56 Å². The average Bonchev–Trinajstić information content (AvgIpc) is 2.39. The van der Waals surface area contributed by atoms with Crippen LogP contribution in [0.1, 0.15) is 17.2 Å². The number of rotatable bonds is 3. The van der Waals surface area contributed by atoms with Crippen LogP contribution >= 0.6 is 11.6 Å². The van der Waals surface area contributed by atoms with Crippen LogP contribution in [0.4, 0.5) is 0 Å². The van der Waals surface area contributed by atoms with Crippen molar-refractivity contribution in [3.8, 4) is 5.75 Å². The maximum atomic E-state index is 10.3. The SMILES string of the molecule is COc1ccc(Cl)cc1C(O)c1ccccc1. The van der Waals surface area contributed by atoms with Gasteiger partial charge in [-0.25, -0.2) is 0 Å². The molecule has 1 unspecified atom stereocenters. The molecule has 17 heavy (non-hydrogen) atoms. The number of methoxy groups -OCH3 is 1. The van der Waals surface area contributed by atoms with Gasteiger partial charge in [0.15, 0.2) is 0 Å². The standard InChI is InChI=1S/C14H13ClO2/c1-17-13-8-7-11(15)9-12(13)14(16)10-5-3-2-4-6-10/h2-9,14,16H,1H3. The summed E-state index contributed by atoms with van der Waals surface area (Å²) in [6.07, 6.45) is -0.732. The van der Waals surface area contributed by atoms with E-state index in [1.807, 2.05) is 30.3 Å². The van der Waals surface area contributed by atoms with E-state index in [4.69, 9.17) is 16.3 Å². The van der Waals surface area contributed by atoms with Crippen molar-refractivity contribution in [1.29, 1.82) is 0 Å². The minimum absolute atomic E-state index is 0.579. The number of benzene rings is 2. The highest BCUT2D eigenvalue weighted by atomic mass is 35.5. The van der Waals surface area contributed by atoms with Gasteiger partial charge < -0.3 is 9.84 Å². The van der Waals surface area contributed by atoms with Crippen molar-refractivity contribution in [3.05, 3.63) is 64.7 Å². The van der Waals surface area contributed by atoms with E-state index >= 15 is 0 Å². The van der Waals surface area contributed by atoms with Gasteiger partial charge in [-0.05, 0) is 23.8 Å². The first-order chi connectivity index (χ1) is 8.22. The summed E-state index contributed by atoms with van der Waals surface area (Å²) >= 11 is 5.94. The first-order valence-corrected chi connectivity index (χ1v) is 5.66. The Morgan fingerprint density at radius 1 is 1.12 bits per heavy atom. The van der Waals surface area contributed by atoms with Gasteiger partial charge in [0.1, 0.15) is 11.9 Å². The van der Waals surface area contributed by atoms with E-state index in [9.17, 15) is 5.11 Å². The van der Waals surface area contributed by atoms with Crippen LogP contribution in [0.3, 0.4) is 0 Å². The highest BCUT2D eigenvalue weighted by molar-refractivity contribution is 6.30. The first kappa shape index (κ1) is 12.0. The van der Waals surface area contributed by atoms with Crippen LogP contribution in [-0.4, -0.2) is 12.2 Å². The molecule has 3 heteroatoms. The molecular formula is C14H13ClO2. The molecule has 0 spiro atoms. The number of aliphatic hydroxyl groups excluding tert-OH is 1. The van der Waals surface area contributed by atoms with Gasteiger partial charge in [0.2, 0.25) is 0 Å². The minimum Gasteiger partial charge on any atom is -0.496 e. The summed E-state index contributed by atoms with van der Waals surface area (Å²) in [6, 6.07) is 14.6. The van der Waals surface area contributed by atoms with Gasteiger partial charge >= 0.3 is 0 Å². The molecule has 1 atom stereocenters. The Morgan fingerprint density at radius 3 is 2.47 bits per heavy atom. The van der Waals surface area contributed by atoms with Crippen molar-refractivity contribution in [2.75, 3.05) is 7.11 Å². The monoisotopic (exact) mass is 248 g/mol. The summed E-state index contributed by atoms with van der Waals surface area (Å²) < 4.78 is 5.22. The predicted octanol–water partition coefficient (Wildman–Crippen LogP) is 3.43.